The summed E-state index contributed by atoms with van der Waals surface area (Å²) in [5.74, 6) is 0.769. The fraction of sp³-hybridized carbons (Fsp3) is 0.125. The number of rotatable bonds is 3. The van der Waals surface area contributed by atoms with E-state index in [1.807, 2.05) is 30.5 Å². The Morgan fingerprint density at radius 3 is 2.80 bits per heavy atom. The first-order chi connectivity index (χ1) is 9.72. The molecule has 0 aliphatic heterocycles. The Morgan fingerprint density at radius 2 is 2.00 bits per heavy atom. The van der Waals surface area contributed by atoms with Crippen molar-refractivity contribution in [2.45, 2.75) is 13.8 Å². The van der Waals surface area contributed by atoms with E-state index in [1.54, 1.807) is 11.3 Å². The molecule has 3 nitrogen and oxygen atoms in total. The molecule has 0 spiro atoms. The molecule has 0 aliphatic carbocycles. The highest BCUT2D eigenvalue weighted by Gasteiger charge is 2.01. The molecular weight excluding hydrogens is 266 g/mol. The third kappa shape index (κ3) is 2.70. The second-order valence-corrected chi connectivity index (χ2v) is 5.98. The van der Waals surface area contributed by atoms with Gasteiger partial charge in [-0.15, -0.1) is 11.3 Å². The van der Waals surface area contributed by atoms with E-state index in [2.05, 4.69) is 47.6 Å². The molecule has 1 aromatic carbocycles. The number of hydrogen-bond acceptors (Lipinski definition) is 4. The van der Waals surface area contributed by atoms with Crippen molar-refractivity contribution >= 4 is 34.3 Å². The van der Waals surface area contributed by atoms with Gasteiger partial charge in [0.1, 0.15) is 5.82 Å². The van der Waals surface area contributed by atoms with Gasteiger partial charge in [0.05, 0.1) is 11.7 Å². The minimum atomic E-state index is 0.769. The van der Waals surface area contributed by atoms with Crippen LogP contribution < -0.4 is 5.43 Å². The Hall–Kier alpha value is -2.20. The highest BCUT2D eigenvalue weighted by Crippen LogP contribution is 2.19. The predicted molar refractivity (Wildman–Crippen MR) is 86.8 cm³/mol. The van der Waals surface area contributed by atoms with Crippen molar-refractivity contribution in [1.82, 2.24) is 4.98 Å². The number of fused-ring (bicyclic) bond motifs is 1. The van der Waals surface area contributed by atoms with E-state index < -0.39 is 0 Å². The van der Waals surface area contributed by atoms with Crippen LogP contribution in [0.2, 0.25) is 0 Å². The Morgan fingerprint density at radius 1 is 1.15 bits per heavy atom. The molecule has 2 heterocycles. The molecule has 3 aromatic rings. The van der Waals surface area contributed by atoms with Crippen LogP contribution in [0, 0.1) is 13.8 Å². The highest BCUT2D eigenvalue weighted by atomic mass is 32.1. The summed E-state index contributed by atoms with van der Waals surface area (Å²) in [5, 5.41) is 5.42. The standard InChI is InChI=1S/C16H15N3S/c1-11-9-16(18-15-6-4-3-5-14(11)15)19-17-10-13-8-7-12(2)20-13/h3-10H,1-2H3,(H,18,19)/b17-10-. The molecule has 4 heteroatoms. The normalized spacial score (nSPS) is 11.3. The van der Waals surface area contributed by atoms with Gasteiger partial charge in [0, 0.05) is 15.1 Å². The molecule has 3 rings (SSSR count). The number of hydrogen-bond donors (Lipinski definition) is 1. The van der Waals surface area contributed by atoms with E-state index in [0.717, 1.165) is 16.2 Å². The fourth-order valence-corrected chi connectivity index (χ4v) is 2.84. The Kier molecular flexibility index (Phi) is 3.48. The summed E-state index contributed by atoms with van der Waals surface area (Å²) in [6.45, 7) is 4.17. The van der Waals surface area contributed by atoms with E-state index in [1.165, 1.54) is 15.8 Å². The molecule has 0 bridgehead atoms. The molecule has 1 N–H and O–H groups in total. The molecule has 0 amide bonds. The van der Waals surface area contributed by atoms with Crippen LogP contribution in [0.25, 0.3) is 10.9 Å². The zero-order valence-electron chi connectivity index (χ0n) is 11.4. The van der Waals surface area contributed by atoms with Crippen molar-refractivity contribution in [2.24, 2.45) is 5.10 Å². The maximum atomic E-state index is 4.55. The van der Waals surface area contributed by atoms with Gasteiger partial charge in [-0.25, -0.2) is 4.98 Å². The second kappa shape index (κ2) is 5.43. The van der Waals surface area contributed by atoms with Crippen LogP contribution in [0.1, 0.15) is 15.3 Å². The number of anilines is 1. The van der Waals surface area contributed by atoms with Gasteiger partial charge in [-0.2, -0.15) is 5.10 Å². The maximum absolute atomic E-state index is 4.55. The monoisotopic (exact) mass is 281 g/mol. The molecule has 2 aromatic heterocycles. The summed E-state index contributed by atoms with van der Waals surface area (Å²) in [4.78, 5) is 6.97. The van der Waals surface area contributed by atoms with Gasteiger partial charge in [-0.05, 0) is 43.7 Å². The van der Waals surface area contributed by atoms with Gasteiger partial charge < -0.3 is 0 Å². The van der Waals surface area contributed by atoms with Crippen molar-refractivity contribution in [3.8, 4) is 0 Å². The minimum absolute atomic E-state index is 0.769. The summed E-state index contributed by atoms with van der Waals surface area (Å²) in [5.41, 5.74) is 5.18. The fourth-order valence-electron chi connectivity index (χ4n) is 2.09. The lowest BCUT2D eigenvalue weighted by Crippen LogP contribution is -1.94. The first-order valence-electron chi connectivity index (χ1n) is 6.44. The summed E-state index contributed by atoms with van der Waals surface area (Å²) in [6.07, 6.45) is 1.82. The van der Waals surface area contributed by atoms with Crippen LogP contribution in [0.15, 0.2) is 47.6 Å². The topological polar surface area (TPSA) is 37.3 Å². The first-order valence-corrected chi connectivity index (χ1v) is 7.26. The molecule has 0 aliphatic rings. The quantitative estimate of drug-likeness (QED) is 0.572. The SMILES string of the molecule is Cc1ccc(/C=N\Nc2cc(C)c3ccccc3n2)s1. The number of aryl methyl sites for hydroxylation is 2. The molecule has 0 radical (unpaired) electrons. The third-order valence-corrected chi connectivity index (χ3v) is 3.99. The van der Waals surface area contributed by atoms with E-state index in [4.69, 9.17) is 0 Å². The largest absolute Gasteiger partial charge is 0.261 e. The van der Waals surface area contributed by atoms with Crippen LogP contribution >= 0.6 is 11.3 Å². The van der Waals surface area contributed by atoms with Crippen molar-refractivity contribution in [3.05, 3.63) is 57.8 Å². The molecular formula is C16H15N3S. The van der Waals surface area contributed by atoms with Gasteiger partial charge in [-0.1, -0.05) is 18.2 Å². The van der Waals surface area contributed by atoms with E-state index in [-0.39, 0.29) is 0 Å². The number of aromatic nitrogens is 1. The summed E-state index contributed by atoms with van der Waals surface area (Å²) in [7, 11) is 0. The molecule has 0 saturated carbocycles. The van der Waals surface area contributed by atoms with Crippen LogP contribution in [-0.2, 0) is 0 Å². The first kappa shape index (κ1) is 12.8. The average Bonchev–Trinajstić information content (AvgIpc) is 2.85. The summed E-state index contributed by atoms with van der Waals surface area (Å²) in [6, 6.07) is 14.3. The third-order valence-electron chi connectivity index (χ3n) is 3.06. The number of thiophene rings is 1. The number of benzene rings is 1. The van der Waals surface area contributed by atoms with Gasteiger partial charge in [0.2, 0.25) is 0 Å². The molecule has 0 unspecified atom stereocenters. The minimum Gasteiger partial charge on any atom is -0.261 e. The predicted octanol–water partition coefficient (Wildman–Crippen LogP) is 4.36. The van der Waals surface area contributed by atoms with Crippen molar-refractivity contribution in [2.75, 3.05) is 5.43 Å². The number of pyridine rings is 1. The molecule has 0 saturated heterocycles. The number of nitrogens with one attached hydrogen (secondary N) is 1. The average molecular weight is 281 g/mol. The van der Waals surface area contributed by atoms with Crippen LogP contribution in [0.3, 0.4) is 0 Å². The van der Waals surface area contributed by atoms with Crippen molar-refractivity contribution in [1.29, 1.82) is 0 Å². The van der Waals surface area contributed by atoms with Gasteiger partial charge in [0.25, 0.3) is 0 Å². The molecule has 20 heavy (non-hydrogen) atoms. The number of para-hydroxylation sites is 1. The van der Waals surface area contributed by atoms with Crippen LogP contribution in [0.5, 0.6) is 0 Å². The van der Waals surface area contributed by atoms with E-state index >= 15 is 0 Å². The summed E-state index contributed by atoms with van der Waals surface area (Å²) >= 11 is 1.72. The maximum Gasteiger partial charge on any atom is 0.147 e. The second-order valence-electron chi connectivity index (χ2n) is 4.66. The van der Waals surface area contributed by atoms with Gasteiger partial charge in [0.15, 0.2) is 0 Å². The lowest BCUT2D eigenvalue weighted by Gasteiger charge is -2.05. The Balaban J connectivity index is 1.82. The highest BCUT2D eigenvalue weighted by molar-refractivity contribution is 7.13. The van der Waals surface area contributed by atoms with Gasteiger partial charge >= 0.3 is 0 Å². The van der Waals surface area contributed by atoms with Crippen LogP contribution in [0.4, 0.5) is 5.82 Å². The zero-order valence-corrected chi connectivity index (χ0v) is 12.2. The van der Waals surface area contributed by atoms with Crippen molar-refractivity contribution in [3.63, 3.8) is 0 Å². The smallest absolute Gasteiger partial charge is 0.147 e. The zero-order chi connectivity index (χ0) is 13.9. The van der Waals surface area contributed by atoms with E-state index in [0.29, 0.717) is 0 Å². The lowest BCUT2D eigenvalue weighted by atomic mass is 10.1. The Bertz CT molecular complexity index is 774. The molecule has 0 atom stereocenters. The van der Waals surface area contributed by atoms with Crippen LogP contribution in [-0.4, -0.2) is 11.2 Å². The number of nitrogens with zero attached hydrogens (tertiary/aromatic N) is 2. The summed E-state index contributed by atoms with van der Waals surface area (Å²) < 4.78 is 0. The lowest BCUT2D eigenvalue weighted by molar-refractivity contribution is 1.25. The van der Waals surface area contributed by atoms with Crippen molar-refractivity contribution < 1.29 is 0 Å². The van der Waals surface area contributed by atoms with Gasteiger partial charge in [-0.3, -0.25) is 5.43 Å². The molecule has 100 valence electrons. The Labute approximate surface area is 122 Å². The number of hydrazone groups is 1. The molecule has 0 fully saturated rings. The van der Waals surface area contributed by atoms with E-state index in [9.17, 15) is 0 Å².